The molecular weight excluding hydrogens is 362 g/mol. The van der Waals surface area contributed by atoms with E-state index in [1.807, 2.05) is 20.8 Å². The van der Waals surface area contributed by atoms with Crippen molar-refractivity contribution in [3.63, 3.8) is 0 Å². The van der Waals surface area contributed by atoms with E-state index in [-0.39, 0.29) is 17.9 Å². The maximum atomic E-state index is 13.2. The van der Waals surface area contributed by atoms with E-state index in [2.05, 4.69) is 10.1 Å². The second-order valence-corrected chi connectivity index (χ2v) is 7.11. The summed E-state index contributed by atoms with van der Waals surface area (Å²) in [7, 11) is 0. The Labute approximate surface area is 156 Å². The maximum absolute atomic E-state index is 13.2. The minimum absolute atomic E-state index is 0.0588. The SMILES string of the molecule is CCc1nn(CC)c(-c2cnc(CC(C)(C)C(F)F)cc2OC(F)F)c1C. The van der Waals surface area contributed by atoms with Crippen LogP contribution in [0.2, 0.25) is 0 Å². The Kier molecular flexibility index (Phi) is 6.49. The van der Waals surface area contributed by atoms with Crippen LogP contribution in [0, 0.1) is 12.3 Å². The summed E-state index contributed by atoms with van der Waals surface area (Å²) in [5, 5.41) is 4.50. The van der Waals surface area contributed by atoms with Gasteiger partial charge in [0.1, 0.15) is 5.75 Å². The van der Waals surface area contributed by atoms with Gasteiger partial charge in [-0.1, -0.05) is 20.8 Å². The molecule has 0 aromatic carbocycles. The molecule has 0 spiro atoms. The molecule has 2 aromatic heterocycles. The average Bonchev–Trinajstić information content (AvgIpc) is 2.90. The zero-order valence-electron chi connectivity index (χ0n) is 16.2. The van der Waals surface area contributed by atoms with Crippen molar-refractivity contribution in [1.29, 1.82) is 0 Å². The maximum Gasteiger partial charge on any atom is 0.387 e. The van der Waals surface area contributed by atoms with Crippen molar-refractivity contribution in [2.45, 2.75) is 67.0 Å². The van der Waals surface area contributed by atoms with Gasteiger partial charge >= 0.3 is 6.61 Å². The first-order valence-electron chi connectivity index (χ1n) is 8.89. The fourth-order valence-corrected chi connectivity index (χ4v) is 3.00. The fraction of sp³-hybridized carbons (Fsp3) is 0.579. The predicted molar refractivity (Wildman–Crippen MR) is 95.4 cm³/mol. The van der Waals surface area contributed by atoms with E-state index in [1.165, 1.54) is 26.1 Å². The Morgan fingerprint density at radius 1 is 1.19 bits per heavy atom. The number of nitrogens with zero attached hydrogens (tertiary/aromatic N) is 3. The summed E-state index contributed by atoms with van der Waals surface area (Å²) in [6.45, 7) is 6.05. The van der Waals surface area contributed by atoms with Crippen molar-refractivity contribution in [3.8, 4) is 17.0 Å². The number of hydrogen-bond acceptors (Lipinski definition) is 3. The fourth-order valence-electron chi connectivity index (χ4n) is 3.00. The van der Waals surface area contributed by atoms with Crippen LogP contribution >= 0.6 is 0 Å². The number of aryl methyl sites for hydroxylation is 2. The molecule has 0 aliphatic rings. The van der Waals surface area contributed by atoms with Crippen LogP contribution in [-0.2, 0) is 19.4 Å². The number of alkyl halides is 4. The molecule has 0 unspecified atom stereocenters. The highest BCUT2D eigenvalue weighted by molar-refractivity contribution is 5.70. The van der Waals surface area contributed by atoms with Crippen LogP contribution in [0.25, 0.3) is 11.3 Å². The number of ether oxygens (including phenoxy) is 1. The molecule has 0 amide bonds. The average molecular weight is 387 g/mol. The van der Waals surface area contributed by atoms with Gasteiger partial charge in [0.2, 0.25) is 6.43 Å². The predicted octanol–water partition coefficient (Wildman–Crippen LogP) is 5.27. The molecule has 0 aliphatic carbocycles. The minimum atomic E-state index is -3.04. The minimum Gasteiger partial charge on any atom is -0.434 e. The van der Waals surface area contributed by atoms with E-state index in [4.69, 9.17) is 4.74 Å². The van der Waals surface area contributed by atoms with Gasteiger partial charge in [0.05, 0.1) is 17.0 Å². The topological polar surface area (TPSA) is 39.9 Å². The van der Waals surface area contributed by atoms with E-state index in [1.54, 1.807) is 4.68 Å². The van der Waals surface area contributed by atoms with E-state index in [0.29, 0.717) is 24.2 Å². The van der Waals surface area contributed by atoms with Gasteiger partial charge in [-0.25, -0.2) is 8.78 Å². The Hall–Kier alpha value is -2.12. The van der Waals surface area contributed by atoms with Crippen molar-refractivity contribution in [3.05, 3.63) is 29.2 Å². The van der Waals surface area contributed by atoms with Crippen molar-refractivity contribution in [1.82, 2.24) is 14.8 Å². The van der Waals surface area contributed by atoms with Gasteiger partial charge in [0.15, 0.2) is 0 Å². The van der Waals surface area contributed by atoms with E-state index < -0.39 is 18.5 Å². The zero-order chi connectivity index (χ0) is 20.4. The van der Waals surface area contributed by atoms with Crippen molar-refractivity contribution in [2.24, 2.45) is 5.41 Å². The molecule has 0 saturated carbocycles. The Morgan fingerprint density at radius 2 is 1.85 bits per heavy atom. The lowest BCUT2D eigenvalue weighted by molar-refractivity contribution is -0.0496. The zero-order valence-corrected chi connectivity index (χ0v) is 16.2. The van der Waals surface area contributed by atoms with E-state index in [0.717, 1.165) is 11.3 Å². The molecule has 0 fully saturated rings. The molecule has 0 aliphatic heterocycles. The molecule has 150 valence electrons. The third kappa shape index (κ3) is 4.59. The molecule has 0 atom stereocenters. The third-order valence-corrected chi connectivity index (χ3v) is 4.54. The second kappa shape index (κ2) is 8.27. The van der Waals surface area contributed by atoms with Crippen LogP contribution in [0.1, 0.15) is 44.6 Å². The summed E-state index contributed by atoms with van der Waals surface area (Å²) in [4.78, 5) is 4.24. The summed E-state index contributed by atoms with van der Waals surface area (Å²) in [5.41, 5.74) is 1.69. The molecule has 4 nitrogen and oxygen atoms in total. The number of hydrogen-bond donors (Lipinski definition) is 0. The van der Waals surface area contributed by atoms with Crippen LogP contribution in [0.15, 0.2) is 12.3 Å². The molecule has 27 heavy (non-hydrogen) atoms. The Balaban J connectivity index is 2.56. The number of aromatic nitrogens is 3. The van der Waals surface area contributed by atoms with Gasteiger partial charge in [-0.2, -0.15) is 13.9 Å². The van der Waals surface area contributed by atoms with Crippen molar-refractivity contribution < 1.29 is 22.3 Å². The van der Waals surface area contributed by atoms with Crippen molar-refractivity contribution >= 4 is 0 Å². The van der Waals surface area contributed by atoms with Gasteiger partial charge in [0.25, 0.3) is 0 Å². The van der Waals surface area contributed by atoms with Gasteiger partial charge in [-0.15, -0.1) is 0 Å². The smallest absolute Gasteiger partial charge is 0.387 e. The quantitative estimate of drug-likeness (QED) is 0.579. The highest BCUT2D eigenvalue weighted by Crippen LogP contribution is 2.36. The lowest BCUT2D eigenvalue weighted by Crippen LogP contribution is -2.25. The standard InChI is InChI=1S/C19H25F4N3O/c1-6-14-11(3)16(26(7-2)25-14)13-10-24-12(8-15(13)27-18(22)23)9-19(4,5)17(20)21/h8,10,17-18H,6-7,9H2,1-5H3. The first kappa shape index (κ1) is 21.2. The van der Waals surface area contributed by atoms with Gasteiger partial charge in [0, 0.05) is 36.3 Å². The molecule has 2 rings (SSSR count). The molecule has 2 aromatic rings. The normalized spacial score (nSPS) is 12.3. The molecule has 0 radical (unpaired) electrons. The molecule has 0 N–H and O–H groups in total. The first-order chi connectivity index (χ1) is 12.6. The van der Waals surface area contributed by atoms with E-state index >= 15 is 0 Å². The Bertz CT molecular complexity index is 788. The third-order valence-electron chi connectivity index (χ3n) is 4.54. The highest BCUT2D eigenvalue weighted by Gasteiger charge is 2.31. The number of rotatable bonds is 8. The van der Waals surface area contributed by atoms with Crippen LogP contribution < -0.4 is 4.74 Å². The monoisotopic (exact) mass is 387 g/mol. The lowest BCUT2D eigenvalue weighted by atomic mass is 9.88. The number of pyridine rings is 1. The van der Waals surface area contributed by atoms with E-state index in [9.17, 15) is 17.6 Å². The van der Waals surface area contributed by atoms with Crippen LogP contribution in [-0.4, -0.2) is 27.8 Å². The highest BCUT2D eigenvalue weighted by atomic mass is 19.3. The first-order valence-corrected chi connectivity index (χ1v) is 8.89. The second-order valence-electron chi connectivity index (χ2n) is 7.11. The molecular formula is C19H25F4N3O. The van der Waals surface area contributed by atoms with Crippen molar-refractivity contribution in [2.75, 3.05) is 0 Å². The molecule has 0 bridgehead atoms. The summed E-state index contributed by atoms with van der Waals surface area (Å²) in [6, 6.07) is 1.32. The van der Waals surface area contributed by atoms with Gasteiger partial charge in [-0.05, 0) is 25.8 Å². The van der Waals surface area contributed by atoms with Crippen LogP contribution in [0.4, 0.5) is 17.6 Å². The molecule has 2 heterocycles. The van der Waals surface area contributed by atoms with Gasteiger partial charge in [-0.3, -0.25) is 9.67 Å². The summed E-state index contributed by atoms with van der Waals surface area (Å²) >= 11 is 0. The molecule has 8 heteroatoms. The number of halogens is 4. The van der Waals surface area contributed by atoms with Crippen LogP contribution in [0.5, 0.6) is 5.75 Å². The van der Waals surface area contributed by atoms with Gasteiger partial charge < -0.3 is 4.74 Å². The summed E-state index contributed by atoms with van der Waals surface area (Å²) < 4.78 is 58.7. The largest absolute Gasteiger partial charge is 0.434 e. The molecule has 0 saturated heterocycles. The van der Waals surface area contributed by atoms with Crippen LogP contribution in [0.3, 0.4) is 0 Å². The summed E-state index contributed by atoms with van der Waals surface area (Å²) in [5.74, 6) is -0.0829. The summed E-state index contributed by atoms with van der Waals surface area (Å²) in [6.07, 6.45) is -0.513. The Morgan fingerprint density at radius 3 is 2.37 bits per heavy atom. The lowest BCUT2D eigenvalue weighted by Gasteiger charge is -2.23.